The van der Waals surface area contributed by atoms with Gasteiger partial charge in [-0.2, -0.15) is 0 Å². The quantitative estimate of drug-likeness (QED) is 0.456. The lowest BCUT2D eigenvalue weighted by molar-refractivity contribution is -0.385. The van der Waals surface area contributed by atoms with Gasteiger partial charge >= 0.3 is 5.97 Å². The Balaban J connectivity index is 2.10. The molecule has 3 rings (SSSR count). The average molecular weight is 349 g/mol. The fraction of sp³-hybridized carbons (Fsp3) is 0.500. The number of methoxy groups -OCH3 is 1. The minimum Gasteiger partial charge on any atom is -0.477 e. The molecule has 0 bridgehead atoms. The number of benzene rings is 1. The van der Waals surface area contributed by atoms with Gasteiger partial charge in [0.2, 0.25) is 0 Å². The normalized spacial score (nSPS) is 18.7. The van der Waals surface area contributed by atoms with E-state index in [0.717, 1.165) is 0 Å². The lowest BCUT2D eigenvalue weighted by Crippen LogP contribution is -2.53. The van der Waals surface area contributed by atoms with Crippen LogP contribution in [0.15, 0.2) is 17.1 Å². The van der Waals surface area contributed by atoms with Crippen LogP contribution in [0.4, 0.5) is 11.4 Å². The van der Waals surface area contributed by atoms with Crippen molar-refractivity contribution in [2.24, 2.45) is 4.99 Å². The molecule has 1 fully saturated rings. The van der Waals surface area contributed by atoms with E-state index >= 15 is 0 Å². The largest absolute Gasteiger partial charge is 0.477 e. The van der Waals surface area contributed by atoms with E-state index in [1.54, 1.807) is 0 Å². The predicted molar refractivity (Wildman–Crippen MR) is 88.6 cm³/mol. The van der Waals surface area contributed by atoms with Crippen LogP contribution in [0, 0.1) is 10.1 Å². The minimum absolute atomic E-state index is 0.153. The van der Waals surface area contributed by atoms with E-state index in [9.17, 15) is 14.9 Å². The van der Waals surface area contributed by atoms with E-state index in [2.05, 4.69) is 14.6 Å². The Hall–Kier alpha value is -2.68. The van der Waals surface area contributed by atoms with Gasteiger partial charge in [0.05, 0.1) is 31.3 Å². The smallest absolute Gasteiger partial charge is 0.344 e. The fourth-order valence-electron chi connectivity index (χ4n) is 2.95. The number of ether oxygens (including phenoxy) is 3. The zero-order chi connectivity index (χ0) is 18.2. The highest BCUT2D eigenvalue weighted by Gasteiger charge is 2.38. The highest BCUT2D eigenvalue weighted by atomic mass is 16.6. The number of hydrogen-bond donors (Lipinski definition) is 0. The zero-order valence-corrected chi connectivity index (χ0v) is 14.3. The molecule has 0 amide bonds. The third-order valence-corrected chi connectivity index (χ3v) is 4.12. The molecule has 2 heterocycles. The summed E-state index contributed by atoms with van der Waals surface area (Å²) in [5, 5.41) is 11.3. The van der Waals surface area contributed by atoms with Crippen molar-refractivity contribution in [1.82, 2.24) is 4.90 Å². The number of carbonyl (C=O) groups excluding carboxylic acids is 1. The van der Waals surface area contributed by atoms with Crippen LogP contribution in [0.3, 0.4) is 0 Å². The van der Waals surface area contributed by atoms with Gasteiger partial charge in [-0.3, -0.25) is 10.1 Å². The fourth-order valence-corrected chi connectivity index (χ4v) is 2.95. The molecule has 0 radical (unpaired) electrons. The Morgan fingerprint density at radius 1 is 1.36 bits per heavy atom. The van der Waals surface area contributed by atoms with E-state index < -0.39 is 16.5 Å². The molecule has 0 aliphatic carbocycles. The van der Waals surface area contributed by atoms with Crippen LogP contribution in [0.2, 0.25) is 0 Å². The molecule has 0 unspecified atom stereocenters. The van der Waals surface area contributed by atoms with Crippen LogP contribution in [0.1, 0.15) is 24.2 Å². The van der Waals surface area contributed by atoms with E-state index in [1.165, 1.54) is 19.2 Å². The number of esters is 1. The minimum atomic E-state index is -0.789. The molecule has 9 nitrogen and oxygen atoms in total. The first-order valence-electron chi connectivity index (χ1n) is 7.85. The summed E-state index contributed by atoms with van der Waals surface area (Å²) in [5.74, 6) is 0.178. The summed E-state index contributed by atoms with van der Waals surface area (Å²) in [5.41, 5.74) is -0.914. The molecule has 1 aromatic carbocycles. The number of carbonyl (C=O) groups is 1. The molecule has 0 saturated carbocycles. The summed E-state index contributed by atoms with van der Waals surface area (Å²) in [6.07, 6.45) is 0. The number of fused-ring (bicyclic) bond motifs is 1. The molecule has 2 aliphatic rings. The monoisotopic (exact) mass is 349 g/mol. The van der Waals surface area contributed by atoms with Gasteiger partial charge in [-0.1, -0.05) is 0 Å². The standard InChI is InChI=1S/C16H19N3O6/c1-16(2)15(18-4-6-24-7-5-18)17-11-8-10(14(20)23-3)12(19(21)22)9-13(11)25-16/h8-9H,4-7H2,1-3H3. The Kier molecular flexibility index (Phi) is 4.34. The molecular formula is C16H19N3O6. The van der Waals surface area contributed by atoms with Gasteiger partial charge in [0.1, 0.15) is 17.1 Å². The maximum absolute atomic E-state index is 11.9. The van der Waals surface area contributed by atoms with Crippen LogP contribution in [-0.4, -0.2) is 60.6 Å². The molecule has 9 heteroatoms. The lowest BCUT2D eigenvalue weighted by atomic mass is 10.0. The molecule has 2 aliphatic heterocycles. The van der Waals surface area contributed by atoms with E-state index in [1.807, 2.05) is 13.8 Å². The Morgan fingerprint density at radius 2 is 2.04 bits per heavy atom. The van der Waals surface area contributed by atoms with Crippen molar-refractivity contribution in [2.75, 3.05) is 33.4 Å². The number of nitro groups is 1. The van der Waals surface area contributed by atoms with Crippen LogP contribution >= 0.6 is 0 Å². The number of amidine groups is 1. The third kappa shape index (κ3) is 3.14. The van der Waals surface area contributed by atoms with Gasteiger partial charge in [0.25, 0.3) is 5.69 Å². The predicted octanol–water partition coefficient (Wildman–Crippen LogP) is 1.91. The first kappa shape index (κ1) is 17.2. The molecule has 25 heavy (non-hydrogen) atoms. The van der Waals surface area contributed by atoms with Gasteiger partial charge in [-0.15, -0.1) is 0 Å². The number of nitro benzene ring substituents is 1. The number of hydrogen-bond acceptors (Lipinski definition) is 8. The van der Waals surface area contributed by atoms with Gasteiger partial charge in [0.15, 0.2) is 11.4 Å². The maximum Gasteiger partial charge on any atom is 0.344 e. The average Bonchev–Trinajstić information content (AvgIpc) is 2.59. The Morgan fingerprint density at radius 3 is 2.64 bits per heavy atom. The number of nitrogens with zero attached hydrogens (tertiary/aromatic N) is 3. The summed E-state index contributed by atoms with van der Waals surface area (Å²) >= 11 is 0. The number of rotatable bonds is 2. The summed E-state index contributed by atoms with van der Waals surface area (Å²) in [4.78, 5) is 29.2. The summed E-state index contributed by atoms with van der Waals surface area (Å²) in [7, 11) is 1.17. The third-order valence-electron chi connectivity index (χ3n) is 4.12. The molecule has 1 saturated heterocycles. The number of aliphatic imine (C=N–C) groups is 1. The van der Waals surface area contributed by atoms with Crippen molar-refractivity contribution in [3.8, 4) is 5.75 Å². The van der Waals surface area contributed by atoms with Crippen LogP contribution in [0.5, 0.6) is 5.75 Å². The SMILES string of the molecule is COC(=O)c1cc2c(cc1[N+](=O)[O-])OC(C)(C)C(N1CCOCC1)=N2. The van der Waals surface area contributed by atoms with Gasteiger partial charge in [-0.05, 0) is 19.9 Å². The molecule has 0 N–H and O–H groups in total. The second-order valence-electron chi connectivity index (χ2n) is 6.23. The summed E-state index contributed by atoms with van der Waals surface area (Å²) in [6, 6.07) is 2.57. The molecule has 0 spiro atoms. The van der Waals surface area contributed by atoms with Crippen LogP contribution in [0.25, 0.3) is 0 Å². The molecule has 1 aromatic rings. The summed E-state index contributed by atoms with van der Waals surface area (Å²) in [6.45, 7) is 6.25. The molecule has 134 valence electrons. The topological polar surface area (TPSA) is 104 Å². The van der Waals surface area contributed by atoms with E-state index in [4.69, 9.17) is 9.47 Å². The first-order chi connectivity index (χ1) is 11.8. The van der Waals surface area contributed by atoms with Crippen molar-refractivity contribution in [2.45, 2.75) is 19.4 Å². The van der Waals surface area contributed by atoms with Crippen molar-refractivity contribution in [3.63, 3.8) is 0 Å². The van der Waals surface area contributed by atoms with Crippen molar-refractivity contribution < 1.29 is 23.9 Å². The molecular weight excluding hydrogens is 330 g/mol. The van der Waals surface area contributed by atoms with E-state index in [0.29, 0.717) is 37.8 Å². The lowest BCUT2D eigenvalue weighted by Gasteiger charge is -2.40. The Labute approximate surface area is 144 Å². The van der Waals surface area contributed by atoms with E-state index in [-0.39, 0.29) is 17.0 Å². The van der Waals surface area contributed by atoms with Gasteiger partial charge in [0, 0.05) is 13.1 Å². The highest BCUT2D eigenvalue weighted by Crippen LogP contribution is 2.41. The zero-order valence-electron chi connectivity index (χ0n) is 14.3. The summed E-state index contributed by atoms with van der Waals surface area (Å²) < 4.78 is 16.0. The Bertz CT molecular complexity index is 752. The highest BCUT2D eigenvalue weighted by molar-refractivity contribution is 5.99. The van der Waals surface area contributed by atoms with Crippen molar-refractivity contribution in [3.05, 3.63) is 27.8 Å². The molecule has 0 aromatic heterocycles. The second-order valence-corrected chi connectivity index (χ2v) is 6.23. The number of morpholine rings is 1. The van der Waals surface area contributed by atoms with Crippen LogP contribution < -0.4 is 4.74 Å². The van der Waals surface area contributed by atoms with Gasteiger partial charge < -0.3 is 19.1 Å². The maximum atomic E-state index is 11.9. The second kappa shape index (κ2) is 6.32. The van der Waals surface area contributed by atoms with Crippen molar-refractivity contribution in [1.29, 1.82) is 0 Å². The van der Waals surface area contributed by atoms with Gasteiger partial charge in [-0.25, -0.2) is 9.79 Å². The molecule has 0 atom stereocenters. The van der Waals surface area contributed by atoms with Crippen LogP contribution in [-0.2, 0) is 9.47 Å². The first-order valence-corrected chi connectivity index (χ1v) is 7.85. The van der Waals surface area contributed by atoms with Crippen molar-refractivity contribution >= 4 is 23.2 Å².